The fraction of sp³-hybridized carbons (Fsp3) is 0.444. The number of benzene rings is 2. The van der Waals surface area contributed by atoms with Gasteiger partial charge in [-0.25, -0.2) is 0 Å². The van der Waals surface area contributed by atoms with E-state index in [1.54, 1.807) is 6.92 Å². The summed E-state index contributed by atoms with van der Waals surface area (Å²) >= 11 is 0. The molecule has 0 saturated carbocycles. The van der Waals surface area contributed by atoms with Crippen molar-refractivity contribution in [1.29, 1.82) is 0 Å². The van der Waals surface area contributed by atoms with Crippen LogP contribution < -0.4 is 5.32 Å². The molecule has 2 aromatic rings. The van der Waals surface area contributed by atoms with Crippen molar-refractivity contribution in [2.75, 3.05) is 13.2 Å². The molecule has 3 rings (SSSR count). The largest absolute Gasteiger partial charge is 0.0622 e. The van der Waals surface area contributed by atoms with Crippen LogP contribution in [-0.4, -0.2) is 95.3 Å². The van der Waals surface area contributed by atoms with Crippen LogP contribution in [0, 0.1) is 11.3 Å². The Labute approximate surface area is 254 Å². The molecule has 2 aromatic carbocycles. The second-order valence-corrected chi connectivity index (χ2v) is 7.72. The Bertz CT molecular complexity index is 840. The van der Waals surface area contributed by atoms with E-state index in [9.17, 15) is 9.59 Å². The Morgan fingerprint density at radius 3 is 1.66 bits per heavy atom. The molecule has 1 aliphatic rings. The fourth-order valence-corrected chi connectivity index (χ4v) is 3.77. The van der Waals surface area contributed by atoms with Gasteiger partial charge in [0.25, 0.3) is 11.9 Å². The standard InChI is InChI=1S/C12H10.C11H18N2O3.C4H10O.2Na.2H/c1-3-7-11(8-4-1)12-9-5-2-6-10-12;1-4-6-7(3)11(5-2)8(14)12-10(16)13-9(11)15;1-3-5-4-2;;;;/h1-10H;7H,4-6H2,1-3H3,(H2,12,13,14,15,16);3-4H2,1-2H3;;;;. The molecule has 1 heterocycles. The van der Waals surface area contributed by atoms with Gasteiger partial charge in [0.2, 0.25) is 5.91 Å². The van der Waals surface area contributed by atoms with Crippen LogP contribution in [0.25, 0.3) is 11.1 Å². The van der Waals surface area contributed by atoms with Crippen molar-refractivity contribution in [1.82, 2.24) is 5.32 Å². The summed E-state index contributed by atoms with van der Waals surface area (Å²) in [7, 11) is 0. The Morgan fingerprint density at radius 2 is 1.34 bits per heavy atom. The van der Waals surface area contributed by atoms with Crippen LogP contribution in [0.2, 0.25) is 0 Å². The molecule has 0 saturated heterocycles. The molecule has 0 fully saturated rings. The predicted octanol–water partition coefficient (Wildman–Crippen LogP) is 4.49. The first kappa shape index (κ1) is 36.2. The van der Waals surface area contributed by atoms with Crippen LogP contribution in [0.1, 0.15) is 53.9 Å². The molecule has 0 aromatic heterocycles. The quantitative estimate of drug-likeness (QED) is 0.431. The molecule has 184 valence electrons. The number of hydrogen-bond acceptors (Lipinski definition) is 3. The van der Waals surface area contributed by atoms with E-state index in [1.165, 1.54) is 11.1 Å². The van der Waals surface area contributed by atoms with Crippen LogP contribution in [0.3, 0.4) is 0 Å². The van der Waals surface area contributed by atoms with E-state index in [2.05, 4.69) is 58.8 Å². The molecule has 1 aliphatic heterocycles. The monoisotopic (exact) mass is 502 g/mol. The third-order valence-electron chi connectivity index (χ3n) is 5.63. The van der Waals surface area contributed by atoms with Gasteiger partial charge in [-0.2, -0.15) is 4.99 Å². The van der Waals surface area contributed by atoms with Crippen molar-refractivity contribution in [2.24, 2.45) is 16.3 Å². The van der Waals surface area contributed by atoms with E-state index in [0.29, 0.717) is 6.42 Å². The van der Waals surface area contributed by atoms with Crippen LogP contribution in [0.4, 0.5) is 0 Å². The minimum atomic E-state index is -1.11. The topological polar surface area (TPSA) is 88.0 Å². The number of hydrogen-bond donors (Lipinski definition) is 2. The van der Waals surface area contributed by atoms with Crippen molar-refractivity contribution in [3.05, 3.63) is 60.7 Å². The summed E-state index contributed by atoms with van der Waals surface area (Å²) in [6.07, 6.45) is 2.08. The van der Waals surface area contributed by atoms with Gasteiger partial charge in [0, 0.05) is 13.2 Å². The van der Waals surface area contributed by atoms with Gasteiger partial charge in [-0.1, -0.05) is 87.9 Å². The van der Waals surface area contributed by atoms with Crippen LogP contribution in [0.5, 0.6) is 0 Å². The van der Waals surface area contributed by atoms with Gasteiger partial charge >= 0.3 is 59.1 Å². The van der Waals surface area contributed by atoms with E-state index in [4.69, 9.17) is 9.84 Å². The first-order valence-electron chi connectivity index (χ1n) is 11.7. The molecule has 0 bridgehead atoms. The third-order valence-corrected chi connectivity index (χ3v) is 5.63. The summed E-state index contributed by atoms with van der Waals surface area (Å²) < 4.78 is 4.83. The SMILES string of the molecule is CCCC(C)C1(CC)C(=O)N=C(O)NC1=O.CCOCC.[NaH].[NaH].c1ccc(-c2ccccc2)cc1. The molecule has 35 heavy (non-hydrogen) atoms. The summed E-state index contributed by atoms with van der Waals surface area (Å²) in [6.45, 7) is 11.3. The molecule has 8 heteroatoms. The number of carbonyl (C=O) groups is 2. The van der Waals surface area contributed by atoms with E-state index in [-0.39, 0.29) is 65.0 Å². The van der Waals surface area contributed by atoms with E-state index in [1.807, 2.05) is 39.8 Å². The zero-order valence-corrected chi connectivity index (χ0v) is 20.5. The number of nitrogens with one attached hydrogen (secondary N) is 1. The van der Waals surface area contributed by atoms with Gasteiger partial charge in [0.1, 0.15) is 5.41 Å². The van der Waals surface area contributed by atoms with Crippen molar-refractivity contribution in [2.45, 2.75) is 53.9 Å². The first-order chi connectivity index (χ1) is 15.9. The minimum absolute atomic E-state index is 0. The van der Waals surface area contributed by atoms with Crippen molar-refractivity contribution in [3.8, 4) is 11.1 Å². The molecule has 0 aliphatic carbocycles. The number of ether oxygens (including phenoxy) is 1. The van der Waals surface area contributed by atoms with Crippen LogP contribution >= 0.6 is 0 Å². The minimum Gasteiger partial charge on any atom is -0.0622 e. The molecule has 2 atom stereocenters. The zero-order chi connectivity index (χ0) is 24.7. The van der Waals surface area contributed by atoms with E-state index in [0.717, 1.165) is 26.1 Å². The Morgan fingerprint density at radius 1 is 0.886 bits per heavy atom. The van der Waals surface area contributed by atoms with E-state index >= 15 is 0 Å². The molecule has 2 unspecified atom stereocenters. The molecule has 0 spiro atoms. The Hall–Kier alpha value is -0.990. The van der Waals surface area contributed by atoms with Gasteiger partial charge in [-0.3, -0.25) is 14.9 Å². The number of rotatable bonds is 7. The number of aliphatic hydroxyl groups is 1. The summed E-state index contributed by atoms with van der Waals surface area (Å²) in [5, 5.41) is 11.3. The van der Waals surface area contributed by atoms with E-state index < -0.39 is 23.3 Å². The average molecular weight is 503 g/mol. The summed E-state index contributed by atoms with van der Waals surface area (Å²) in [4.78, 5) is 27.2. The zero-order valence-electron chi connectivity index (χ0n) is 20.5. The average Bonchev–Trinajstić information content (AvgIpc) is 2.82. The van der Waals surface area contributed by atoms with Crippen molar-refractivity contribution >= 4 is 77.0 Å². The summed E-state index contributed by atoms with van der Waals surface area (Å²) in [6, 6.07) is 20.2. The fourth-order valence-electron chi connectivity index (χ4n) is 3.77. The predicted molar refractivity (Wildman–Crippen MR) is 148 cm³/mol. The number of nitrogens with zero attached hydrogens (tertiary/aromatic N) is 1. The smallest absolute Gasteiger partial charge is 0.0184 e. The molecule has 6 nitrogen and oxygen atoms in total. The van der Waals surface area contributed by atoms with Gasteiger partial charge in [-0.05, 0) is 43.7 Å². The molecule has 0 radical (unpaired) electrons. The maximum atomic E-state index is 11.9. The second-order valence-electron chi connectivity index (χ2n) is 7.72. The number of amides is 2. The Kier molecular flexibility index (Phi) is 20.8. The molecular weight excluding hydrogens is 462 g/mol. The first-order valence-corrected chi connectivity index (χ1v) is 11.7. The normalized spacial score (nSPS) is 17.0. The summed E-state index contributed by atoms with van der Waals surface area (Å²) in [5.41, 5.74) is 1.44. The van der Waals surface area contributed by atoms with Gasteiger partial charge in [0.15, 0.2) is 0 Å². The van der Waals surface area contributed by atoms with Gasteiger partial charge < -0.3 is 9.84 Å². The van der Waals surface area contributed by atoms with Gasteiger partial charge in [0.05, 0.1) is 0 Å². The number of aliphatic hydroxyl groups excluding tert-OH is 1. The maximum Gasteiger partial charge on any atom is -0.0184 e. The number of carbonyl (C=O) groups excluding carboxylic acids is 2. The molecule has 2 amide bonds. The second kappa shape index (κ2) is 20.1. The summed E-state index contributed by atoms with van der Waals surface area (Å²) in [5.74, 6) is -1.04. The maximum absolute atomic E-state index is 11.9. The third kappa shape index (κ3) is 11.3. The Balaban J connectivity index is 0. The molecular formula is C27H40N2Na2O4. The van der Waals surface area contributed by atoms with Crippen molar-refractivity contribution < 1.29 is 19.4 Å². The van der Waals surface area contributed by atoms with Crippen molar-refractivity contribution in [3.63, 3.8) is 0 Å². The number of aliphatic imine (C=N–C) groups is 1. The van der Waals surface area contributed by atoms with Gasteiger partial charge in [-0.15, -0.1) is 0 Å². The van der Waals surface area contributed by atoms with Crippen LogP contribution in [0.15, 0.2) is 65.7 Å². The number of amidine groups is 1. The molecule has 2 N–H and O–H groups in total. The van der Waals surface area contributed by atoms with Crippen LogP contribution in [-0.2, 0) is 14.3 Å².